The maximum absolute atomic E-state index is 12.4. The van der Waals surface area contributed by atoms with Crippen LogP contribution in [0.25, 0.3) is 0 Å². The lowest BCUT2D eigenvalue weighted by atomic mass is 9.60. The molecule has 4 unspecified atom stereocenters. The summed E-state index contributed by atoms with van der Waals surface area (Å²) in [4.78, 5) is 19.0. The first-order valence-electron chi connectivity index (χ1n) is 9.46. The molecule has 1 aliphatic rings. The first-order valence-corrected chi connectivity index (χ1v) is 9.46. The lowest BCUT2D eigenvalue weighted by molar-refractivity contribution is -0.335. The van der Waals surface area contributed by atoms with Gasteiger partial charge in [0.1, 0.15) is 6.10 Å². The van der Waals surface area contributed by atoms with E-state index in [9.17, 15) is 4.79 Å². The fourth-order valence-corrected chi connectivity index (χ4v) is 4.14. The van der Waals surface area contributed by atoms with Crippen molar-refractivity contribution in [3.63, 3.8) is 0 Å². The van der Waals surface area contributed by atoms with Crippen molar-refractivity contribution in [2.45, 2.75) is 84.4 Å². The number of nitrogens with two attached hydrogens (primary N) is 1. The van der Waals surface area contributed by atoms with Crippen LogP contribution in [0.4, 0.5) is 0 Å². The summed E-state index contributed by atoms with van der Waals surface area (Å²) in [6.07, 6.45) is 3.34. The molecule has 25 heavy (non-hydrogen) atoms. The third-order valence-corrected chi connectivity index (χ3v) is 6.82. The lowest BCUT2D eigenvalue weighted by Gasteiger charge is -2.61. The van der Waals surface area contributed by atoms with Crippen LogP contribution in [0, 0.1) is 5.41 Å². The number of hydrogen-bond donors (Lipinski definition) is 1. The number of rotatable bonds is 6. The van der Waals surface area contributed by atoms with E-state index in [4.69, 9.17) is 10.6 Å². The predicted octanol–water partition coefficient (Wildman–Crippen LogP) is 4.60. The van der Waals surface area contributed by atoms with Gasteiger partial charge in [-0.1, -0.05) is 44.2 Å². The maximum atomic E-state index is 12.4. The second-order valence-electron chi connectivity index (χ2n) is 8.13. The Bertz CT molecular complexity index is 605. The maximum Gasteiger partial charge on any atom is 0.225 e. The molecule has 1 aromatic carbocycles. The molecular weight excluding hydrogens is 312 g/mol. The standard InChI is InChI=1S/C21H34N2O2/c1-7-19(4)14-15-20(5,18(22)24)21(6,8-2)23(19)25-16(3)17-12-10-9-11-13-17/h9-13,16H,7-8,14-15H2,1-6H3,(H2,22,24). The van der Waals surface area contributed by atoms with Crippen molar-refractivity contribution in [2.75, 3.05) is 0 Å². The molecule has 1 saturated heterocycles. The van der Waals surface area contributed by atoms with E-state index in [1.54, 1.807) is 0 Å². The van der Waals surface area contributed by atoms with Crippen molar-refractivity contribution in [1.29, 1.82) is 0 Å². The Labute approximate surface area is 152 Å². The highest BCUT2D eigenvalue weighted by Crippen LogP contribution is 2.53. The van der Waals surface area contributed by atoms with Gasteiger partial charge in [-0.05, 0) is 58.9 Å². The number of piperidine rings is 1. The predicted molar refractivity (Wildman–Crippen MR) is 102 cm³/mol. The molecule has 0 aliphatic carbocycles. The Morgan fingerprint density at radius 3 is 2.24 bits per heavy atom. The zero-order valence-corrected chi connectivity index (χ0v) is 16.6. The fourth-order valence-electron chi connectivity index (χ4n) is 4.14. The van der Waals surface area contributed by atoms with Crippen LogP contribution in [0.15, 0.2) is 30.3 Å². The molecule has 4 nitrogen and oxygen atoms in total. The highest BCUT2D eigenvalue weighted by atomic mass is 16.7. The summed E-state index contributed by atoms with van der Waals surface area (Å²) >= 11 is 0. The van der Waals surface area contributed by atoms with E-state index in [0.29, 0.717) is 0 Å². The molecule has 1 heterocycles. The Hall–Kier alpha value is -1.39. The zero-order chi connectivity index (χ0) is 18.9. The second kappa shape index (κ2) is 7.08. The van der Waals surface area contributed by atoms with Crippen molar-refractivity contribution in [3.8, 4) is 0 Å². The third kappa shape index (κ3) is 3.22. The van der Waals surface area contributed by atoms with Gasteiger partial charge in [-0.2, -0.15) is 5.06 Å². The molecule has 1 aliphatic heterocycles. The van der Waals surface area contributed by atoms with Crippen molar-refractivity contribution < 1.29 is 9.63 Å². The van der Waals surface area contributed by atoms with Gasteiger partial charge < -0.3 is 5.73 Å². The van der Waals surface area contributed by atoms with E-state index in [-0.39, 0.29) is 17.6 Å². The van der Waals surface area contributed by atoms with Crippen molar-refractivity contribution in [3.05, 3.63) is 35.9 Å². The lowest BCUT2D eigenvalue weighted by Crippen LogP contribution is -2.70. The molecule has 0 saturated carbocycles. The van der Waals surface area contributed by atoms with Crippen molar-refractivity contribution in [1.82, 2.24) is 5.06 Å². The molecule has 4 heteroatoms. The van der Waals surface area contributed by atoms with Gasteiger partial charge >= 0.3 is 0 Å². The number of amides is 1. The Balaban J connectivity index is 2.45. The summed E-state index contributed by atoms with van der Waals surface area (Å²) in [5.74, 6) is -0.240. The molecule has 4 atom stereocenters. The van der Waals surface area contributed by atoms with Gasteiger partial charge in [0.05, 0.1) is 11.0 Å². The third-order valence-electron chi connectivity index (χ3n) is 6.82. The minimum absolute atomic E-state index is 0.0897. The van der Waals surface area contributed by atoms with Gasteiger partial charge in [0.15, 0.2) is 0 Å². The van der Waals surface area contributed by atoms with Gasteiger partial charge in [0.25, 0.3) is 0 Å². The number of hydrogen-bond acceptors (Lipinski definition) is 3. The molecule has 0 spiro atoms. The highest BCUT2D eigenvalue weighted by Gasteiger charge is 2.60. The summed E-state index contributed by atoms with van der Waals surface area (Å²) < 4.78 is 0. The summed E-state index contributed by atoms with van der Waals surface area (Å²) in [6, 6.07) is 10.2. The molecular formula is C21H34N2O2. The van der Waals surface area contributed by atoms with Crippen LogP contribution in [0.3, 0.4) is 0 Å². The zero-order valence-electron chi connectivity index (χ0n) is 16.6. The summed E-state index contributed by atoms with van der Waals surface area (Å²) in [5.41, 5.74) is 5.80. The first-order chi connectivity index (χ1) is 11.6. The van der Waals surface area contributed by atoms with Crippen molar-refractivity contribution >= 4 is 5.91 Å². The molecule has 2 rings (SSSR count). The van der Waals surface area contributed by atoms with E-state index in [1.165, 1.54) is 0 Å². The van der Waals surface area contributed by atoms with E-state index >= 15 is 0 Å². The monoisotopic (exact) mass is 346 g/mol. The van der Waals surface area contributed by atoms with E-state index in [2.05, 4.69) is 51.8 Å². The molecule has 1 fully saturated rings. The van der Waals surface area contributed by atoms with Crippen LogP contribution in [0.1, 0.15) is 78.9 Å². The van der Waals surface area contributed by atoms with Gasteiger partial charge in [-0.25, -0.2) is 0 Å². The largest absolute Gasteiger partial charge is 0.369 e. The average molecular weight is 347 g/mol. The number of primary amides is 1. The van der Waals surface area contributed by atoms with E-state index < -0.39 is 11.0 Å². The summed E-state index contributed by atoms with van der Waals surface area (Å²) in [5, 5.41) is 2.12. The molecule has 1 aromatic rings. The minimum atomic E-state index is -0.618. The van der Waals surface area contributed by atoms with Crippen LogP contribution in [-0.4, -0.2) is 22.0 Å². The summed E-state index contributed by atoms with van der Waals surface area (Å²) in [7, 11) is 0. The van der Waals surface area contributed by atoms with Gasteiger partial charge in [0, 0.05) is 5.54 Å². The van der Waals surface area contributed by atoms with Gasteiger partial charge in [-0.3, -0.25) is 9.63 Å². The first kappa shape index (κ1) is 19.9. The number of nitrogens with zero attached hydrogens (tertiary/aromatic N) is 1. The highest BCUT2D eigenvalue weighted by molar-refractivity contribution is 5.82. The normalized spacial score (nSPS) is 34.6. The van der Waals surface area contributed by atoms with Crippen LogP contribution in [0.5, 0.6) is 0 Å². The Kier molecular flexibility index (Phi) is 5.65. The van der Waals surface area contributed by atoms with E-state index in [1.807, 2.05) is 25.1 Å². The smallest absolute Gasteiger partial charge is 0.225 e. The van der Waals surface area contributed by atoms with E-state index in [0.717, 1.165) is 31.2 Å². The van der Waals surface area contributed by atoms with Crippen LogP contribution >= 0.6 is 0 Å². The van der Waals surface area contributed by atoms with Crippen molar-refractivity contribution in [2.24, 2.45) is 11.1 Å². The number of benzene rings is 1. The molecule has 0 radical (unpaired) electrons. The second-order valence-corrected chi connectivity index (χ2v) is 8.13. The number of hydroxylamine groups is 2. The fraction of sp³-hybridized carbons (Fsp3) is 0.667. The SMILES string of the molecule is CCC1(C)CCC(C)(C(N)=O)C(C)(CC)N1OC(C)c1ccccc1. The van der Waals surface area contributed by atoms with Gasteiger partial charge in [0.2, 0.25) is 5.91 Å². The summed E-state index contributed by atoms with van der Waals surface area (Å²) in [6.45, 7) is 12.7. The quantitative estimate of drug-likeness (QED) is 0.819. The molecule has 2 N–H and O–H groups in total. The topological polar surface area (TPSA) is 55.6 Å². The average Bonchev–Trinajstić information content (AvgIpc) is 2.62. The molecule has 140 valence electrons. The van der Waals surface area contributed by atoms with Crippen LogP contribution < -0.4 is 5.73 Å². The Morgan fingerprint density at radius 1 is 1.16 bits per heavy atom. The Morgan fingerprint density at radius 2 is 1.76 bits per heavy atom. The molecule has 1 amide bonds. The minimum Gasteiger partial charge on any atom is -0.369 e. The molecule has 0 bridgehead atoms. The van der Waals surface area contributed by atoms with Crippen LogP contribution in [0.2, 0.25) is 0 Å². The molecule has 0 aromatic heterocycles. The number of carbonyl (C=O) groups is 1. The van der Waals surface area contributed by atoms with Crippen LogP contribution in [-0.2, 0) is 9.63 Å². The van der Waals surface area contributed by atoms with Gasteiger partial charge in [-0.15, -0.1) is 0 Å². The number of carbonyl (C=O) groups excluding carboxylic acids is 1.